The molecule has 0 aromatic carbocycles. The molecule has 1 aliphatic carbocycles. The van der Waals surface area contributed by atoms with Crippen LogP contribution in [0.2, 0.25) is 0 Å². The summed E-state index contributed by atoms with van der Waals surface area (Å²) in [6.07, 6.45) is 5.87. The molecular weight excluding hydrogens is 268 g/mol. The Hall–Kier alpha value is -1.20. The van der Waals surface area contributed by atoms with Gasteiger partial charge in [-0.1, -0.05) is 18.6 Å². The Bertz CT molecular complexity index is 434. The van der Waals surface area contributed by atoms with Crippen molar-refractivity contribution >= 4 is 30.0 Å². The summed E-state index contributed by atoms with van der Waals surface area (Å²) < 4.78 is 0. The van der Waals surface area contributed by atoms with Crippen LogP contribution in [0.3, 0.4) is 0 Å². The highest BCUT2D eigenvalue weighted by atomic mass is 35.5. The molecule has 2 rings (SSSR count). The lowest BCUT2D eigenvalue weighted by molar-refractivity contribution is -0.133. The molecule has 3 atom stereocenters. The fourth-order valence-corrected chi connectivity index (χ4v) is 2.59. The summed E-state index contributed by atoms with van der Waals surface area (Å²) in [6, 6.07) is -0.741. The maximum atomic E-state index is 12.2. The third-order valence-corrected chi connectivity index (χ3v) is 3.78. The predicted octanol–water partition coefficient (Wildman–Crippen LogP) is 0.714. The highest BCUT2D eigenvalue weighted by Crippen LogP contribution is 2.25. The quantitative estimate of drug-likeness (QED) is 0.454. The minimum atomic E-state index is -0.921. The molecule has 19 heavy (non-hydrogen) atoms. The standard InChI is InChI=1S/C13H18N2O3.ClH/c1-7-9(13(18)15-12(7)17)11(16)10(14)8-5-3-2-4-6-8;/h5,7,9-10H,2-4,6,14H2,1H3,(H,15,17,18);1H/t7-,9+,10?;/m0./s1. The van der Waals surface area contributed by atoms with E-state index in [0.29, 0.717) is 0 Å². The van der Waals surface area contributed by atoms with Crippen molar-refractivity contribution in [2.75, 3.05) is 0 Å². The van der Waals surface area contributed by atoms with Crippen LogP contribution < -0.4 is 11.1 Å². The first-order valence-corrected chi connectivity index (χ1v) is 6.35. The molecule has 0 aromatic rings. The number of carbonyl (C=O) groups is 3. The predicted molar refractivity (Wildman–Crippen MR) is 72.6 cm³/mol. The van der Waals surface area contributed by atoms with Gasteiger partial charge in [-0.25, -0.2) is 0 Å². The van der Waals surface area contributed by atoms with E-state index in [1.165, 1.54) is 0 Å². The Morgan fingerprint density at radius 2 is 2.05 bits per heavy atom. The van der Waals surface area contributed by atoms with Crippen LogP contribution in [0.5, 0.6) is 0 Å². The average molecular weight is 287 g/mol. The molecule has 1 saturated heterocycles. The molecule has 6 heteroatoms. The third kappa shape index (κ3) is 3.04. The number of carbonyl (C=O) groups excluding carboxylic acids is 3. The Kier molecular flexibility index (Phi) is 5.26. The van der Waals surface area contributed by atoms with E-state index in [4.69, 9.17) is 5.73 Å². The zero-order valence-electron chi connectivity index (χ0n) is 10.8. The third-order valence-electron chi connectivity index (χ3n) is 3.78. The van der Waals surface area contributed by atoms with Gasteiger partial charge in [-0.3, -0.25) is 19.7 Å². The molecular formula is C13H19ClN2O3. The van der Waals surface area contributed by atoms with Crippen molar-refractivity contribution in [2.24, 2.45) is 17.6 Å². The second-order valence-electron chi connectivity index (χ2n) is 5.02. The number of hydrogen-bond acceptors (Lipinski definition) is 4. The van der Waals surface area contributed by atoms with Gasteiger partial charge >= 0.3 is 0 Å². The van der Waals surface area contributed by atoms with Crippen LogP contribution in [0.1, 0.15) is 32.6 Å². The Morgan fingerprint density at radius 1 is 1.37 bits per heavy atom. The molecule has 0 saturated carbocycles. The molecule has 0 radical (unpaired) electrons. The topological polar surface area (TPSA) is 89.3 Å². The first-order valence-electron chi connectivity index (χ1n) is 6.35. The molecule has 3 N–H and O–H groups in total. The molecule has 2 aliphatic rings. The van der Waals surface area contributed by atoms with Gasteiger partial charge in [-0.05, 0) is 25.7 Å². The number of nitrogens with one attached hydrogen (secondary N) is 1. The van der Waals surface area contributed by atoms with Crippen LogP contribution in [0.4, 0.5) is 0 Å². The van der Waals surface area contributed by atoms with E-state index < -0.39 is 23.8 Å². The SMILES string of the molecule is C[C@@H]1C(=O)NC(=O)[C@H]1C(=O)C(N)C1=CCCCC1.Cl. The van der Waals surface area contributed by atoms with Gasteiger partial charge < -0.3 is 5.73 Å². The molecule has 1 aliphatic heterocycles. The van der Waals surface area contributed by atoms with Gasteiger partial charge in [0, 0.05) is 0 Å². The van der Waals surface area contributed by atoms with E-state index in [-0.39, 0.29) is 24.1 Å². The molecule has 1 unspecified atom stereocenters. The second-order valence-corrected chi connectivity index (χ2v) is 5.02. The maximum absolute atomic E-state index is 12.2. The van der Waals surface area contributed by atoms with E-state index in [2.05, 4.69) is 5.32 Å². The Balaban J connectivity index is 0.00000180. The van der Waals surface area contributed by atoms with Gasteiger partial charge in [0.1, 0.15) is 5.92 Å². The number of Topliss-reactive ketones (excluding diaryl/α,β-unsaturated/α-hetero) is 1. The molecule has 1 fully saturated rings. The number of amides is 2. The Morgan fingerprint density at radius 3 is 2.53 bits per heavy atom. The van der Waals surface area contributed by atoms with E-state index in [1.54, 1.807) is 6.92 Å². The average Bonchev–Trinajstić information content (AvgIpc) is 2.63. The van der Waals surface area contributed by atoms with Crippen molar-refractivity contribution < 1.29 is 14.4 Å². The number of halogens is 1. The minimum absolute atomic E-state index is 0. The molecule has 5 nitrogen and oxygen atoms in total. The molecule has 0 bridgehead atoms. The normalized spacial score (nSPS) is 28.2. The van der Waals surface area contributed by atoms with Crippen molar-refractivity contribution in [3.63, 3.8) is 0 Å². The van der Waals surface area contributed by atoms with Gasteiger partial charge in [-0.2, -0.15) is 0 Å². The zero-order chi connectivity index (χ0) is 13.3. The monoisotopic (exact) mass is 286 g/mol. The highest BCUT2D eigenvalue weighted by Gasteiger charge is 2.45. The first-order chi connectivity index (χ1) is 8.52. The minimum Gasteiger partial charge on any atom is -0.318 e. The fraction of sp³-hybridized carbons (Fsp3) is 0.615. The lowest BCUT2D eigenvalue weighted by atomic mass is 9.84. The van der Waals surface area contributed by atoms with Crippen LogP contribution in [0.25, 0.3) is 0 Å². The smallest absolute Gasteiger partial charge is 0.238 e. The number of allylic oxidation sites excluding steroid dienone is 1. The number of hydrogen-bond donors (Lipinski definition) is 2. The first kappa shape index (κ1) is 15.9. The summed E-state index contributed by atoms with van der Waals surface area (Å²) in [5.74, 6) is -2.76. The number of imide groups is 1. The molecule has 0 aromatic heterocycles. The summed E-state index contributed by atoms with van der Waals surface area (Å²) in [5, 5.41) is 2.18. The molecule has 2 amide bonds. The van der Waals surface area contributed by atoms with Crippen molar-refractivity contribution in [2.45, 2.75) is 38.6 Å². The highest BCUT2D eigenvalue weighted by molar-refractivity contribution is 6.16. The van der Waals surface area contributed by atoms with E-state index >= 15 is 0 Å². The number of nitrogens with two attached hydrogens (primary N) is 1. The molecule has 106 valence electrons. The van der Waals surface area contributed by atoms with Crippen LogP contribution in [-0.2, 0) is 14.4 Å². The van der Waals surface area contributed by atoms with Crippen molar-refractivity contribution in [3.8, 4) is 0 Å². The van der Waals surface area contributed by atoms with Crippen LogP contribution >= 0.6 is 12.4 Å². The maximum Gasteiger partial charge on any atom is 0.238 e. The van der Waals surface area contributed by atoms with Gasteiger partial charge in [-0.15, -0.1) is 12.4 Å². The second kappa shape index (κ2) is 6.30. The van der Waals surface area contributed by atoms with Gasteiger partial charge in [0.05, 0.1) is 12.0 Å². The largest absolute Gasteiger partial charge is 0.318 e. The lowest BCUT2D eigenvalue weighted by Crippen LogP contribution is -2.41. The van der Waals surface area contributed by atoms with Crippen molar-refractivity contribution in [1.29, 1.82) is 0 Å². The lowest BCUT2D eigenvalue weighted by Gasteiger charge is -2.21. The van der Waals surface area contributed by atoms with Gasteiger partial charge in [0.15, 0.2) is 5.78 Å². The van der Waals surface area contributed by atoms with Crippen molar-refractivity contribution in [3.05, 3.63) is 11.6 Å². The zero-order valence-corrected chi connectivity index (χ0v) is 11.7. The summed E-state index contributed by atoms with van der Waals surface area (Å²) in [4.78, 5) is 35.2. The summed E-state index contributed by atoms with van der Waals surface area (Å²) in [5.41, 5.74) is 6.84. The Labute approximate surface area is 118 Å². The van der Waals surface area contributed by atoms with Crippen LogP contribution in [0.15, 0.2) is 11.6 Å². The summed E-state index contributed by atoms with van der Waals surface area (Å²) >= 11 is 0. The molecule has 0 spiro atoms. The summed E-state index contributed by atoms with van der Waals surface area (Å²) in [7, 11) is 0. The van der Waals surface area contributed by atoms with E-state index in [1.807, 2.05) is 6.08 Å². The van der Waals surface area contributed by atoms with Crippen LogP contribution in [0, 0.1) is 11.8 Å². The molecule has 1 heterocycles. The van der Waals surface area contributed by atoms with Crippen molar-refractivity contribution in [1.82, 2.24) is 5.32 Å². The van der Waals surface area contributed by atoms with Gasteiger partial charge in [0.2, 0.25) is 11.8 Å². The van der Waals surface area contributed by atoms with Gasteiger partial charge in [0.25, 0.3) is 0 Å². The van der Waals surface area contributed by atoms with Crippen LogP contribution in [-0.4, -0.2) is 23.6 Å². The van der Waals surface area contributed by atoms with E-state index in [9.17, 15) is 14.4 Å². The number of ketones is 1. The number of rotatable bonds is 3. The van der Waals surface area contributed by atoms with E-state index in [0.717, 1.165) is 31.3 Å². The summed E-state index contributed by atoms with van der Waals surface area (Å²) in [6.45, 7) is 1.59. The fourth-order valence-electron chi connectivity index (χ4n) is 2.59.